The first-order valence-corrected chi connectivity index (χ1v) is 10.2. The minimum absolute atomic E-state index is 0.0496. The van der Waals surface area contributed by atoms with Gasteiger partial charge in [-0.3, -0.25) is 9.59 Å². The number of rotatable bonds is 7. The van der Waals surface area contributed by atoms with Gasteiger partial charge >= 0.3 is 0 Å². The average molecular weight is 438 g/mol. The van der Waals surface area contributed by atoms with Gasteiger partial charge in [-0.1, -0.05) is 12.1 Å². The number of hydrogen-bond acceptors (Lipinski definition) is 6. The molecular weight excluding hydrogens is 415 g/mol. The van der Waals surface area contributed by atoms with Gasteiger partial charge in [0.05, 0.1) is 12.8 Å². The monoisotopic (exact) mass is 438 g/mol. The Hall–Kier alpha value is -3.82. The fourth-order valence-corrected chi connectivity index (χ4v) is 3.77. The summed E-state index contributed by atoms with van der Waals surface area (Å²) < 4.78 is 20.2. The van der Waals surface area contributed by atoms with Gasteiger partial charge < -0.3 is 15.0 Å². The summed E-state index contributed by atoms with van der Waals surface area (Å²) in [6, 6.07) is 10.4. The molecule has 1 unspecified atom stereocenters. The number of anilines is 2. The van der Waals surface area contributed by atoms with Crippen LogP contribution in [0.1, 0.15) is 30.3 Å². The normalized spacial score (nSPS) is 14.5. The molecule has 2 amide bonds. The largest absolute Gasteiger partial charge is 0.494 e. The predicted molar refractivity (Wildman–Crippen MR) is 115 cm³/mol. The number of hydrogen-bond donors (Lipinski definition) is 1. The molecule has 2 aromatic carbocycles. The summed E-state index contributed by atoms with van der Waals surface area (Å²) >= 11 is 0. The van der Waals surface area contributed by atoms with Crippen molar-refractivity contribution in [2.24, 2.45) is 0 Å². The summed E-state index contributed by atoms with van der Waals surface area (Å²) in [5.74, 6) is 0.335. The molecule has 1 N–H and O–H groups in total. The fourth-order valence-electron chi connectivity index (χ4n) is 3.77. The van der Waals surface area contributed by atoms with Crippen molar-refractivity contribution in [1.29, 1.82) is 0 Å². The molecule has 1 atom stereocenters. The number of nitrogens with one attached hydrogen (secondary N) is 1. The smallest absolute Gasteiger partial charge is 0.249 e. The van der Waals surface area contributed by atoms with Gasteiger partial charge in [0.25, 0.3) is 0 Å². The topological polar surface area (TPSA) is 102 Å². The second-order valence-electron chi connectivity index (χ2n) is 7.54. The first-order valence-electron chi connectivity index (χ1n) is 10.2. The van der Waals surface area contributed by atoms with Crippen LogP contribution < -0.4 is 15.0 Å². The summed E-state index contributed by atoms with van der Waals surface area (Å²) in [4.78, 5) is 27.0. The number of tetrazole rings is 1. The average Bonchev–Trinajstić information content (AvgIpc) is 3.41. The van der Waals surface area contributed by atoms with E-state index < -0.39 is 6.04 Å². The first kappa shape index (κ1) is 21.4. The summed E-state index contributed by atoms with van der Waals surface area (Å²) in [7, 11) is 1.52. The van der Waals surface area contributed by atoms with Crippen LogP contribution in [-0.2, 0) is 16.0 Å². The lowest BCUT2D eigenvalue weighted by molar-refractivity contribution is -0.119. The van der Waals surface area contributed by atoms with E-state index in [1.807, 2.05) is 0 Å². The van der Waals surface area contributed by atoms with Crippen molar-refractivity contribution in [3.8, 4) is 5.75 Å². The molecule has 0 saturated carbocycles. The van der Waals surface area contributed by atoms with Crippen LogP contribution >= 0.6 is 0 Å². The number of aryl methyl sites for hydroxylation is 1. The van der Waals surface area contributed by atoms with Crippen LogP contribution in [-0.4, -0.2) is 45.7 Å². The Morgan fingerprint density at radius 1 is 1.25 bits per heavy atom. The number of ether oxygens (including phenoxy) is 1. The van der Waals surface area contributed by atoms with Crippen LogP contribution in [0.5, 0.6) is 5.75 Å². The third-order valence-corrected chi connectivity index (χ3v) is 5.41. The van der Waals surface area contributed by atoms with Gasteiger partial charge in [-0.05, 0) is 53.6 Å². The van der Waals surface area contributed by atoms with Crippen molar-refractivity contribution in [3.05, 3.63) is 59.7 Å². The summed E-state index contributed by atoms with van der Waals surface area (Å²) in [6.45, 7) is 2.34. The number of amides is 2. The van der Waals surface area contributed by atoms with Gasteiger partial charge in [0.15, 0.2) is 0 Å². The maximum atomic E-state index is 13.3. The second-order valence-corrected chi connectivity index (χ2v) is 7.54. The zero-order valence-electron chi connectivity index (χ0n) is 17.8. The molecule has 0 aliphatic carbocycles. The van der Waals surface area contributed by atoms with Crippen molar-refractivity contribution in [1.82, 2.24) is 20.2 Å². The van der Waals surface area contributed by atoms with E-state index in [9.17, 15) is 14.0 Å². The van der Waals surface area contributed by atoms with Crippen molar-refractivity contribution >= 4 is 23.2 Å². The lowest BCUT2D eigenvalue weighted by atomic mass is 10.0. The van der Waals surface area contributed by atoms with Crippen LogP contribution in [0.2, 0.25) is 0 Å². The summed E-state index contributed by atoms with van der Waals surface area (Å²) in [6.07, 6.45) is 1.59. The van der Waals surface area contributed by atoms with Crippen molar-refractivity contribution in [3.63, 3.8) is 0 Å². The SMILES string of the molecule is COc1cc(NC(=O)C(Cc2ccc(F)cc2)n2nnnc2C)ccc1N1CCCC1=O. The van der Waals surface area contributed by atoms with E-state index in [-0.39, 0.29) is 24.1 Å². The minimum atomic E-state index is -0.749. The number of methoxy groups -OCH3 is 1. The van der Waals surface area contributed by atoms with Gasteiger partial charge in [0, 0.05) is 31.1 Å². The standard InChI is InChI=1S/C22H23FN6O3/c1-14-25-26-27-29(14)19(12-15-5-7-16(23)8-6-15)22(31)24-17-9-10-18(20(13-17)32-2)28-11-3-4-21(28)30/h5-10,13,19H,3-4,11-12H2,1-2H3,(H,24,31). The number of aromatic nitrogens is 4. The summed E-state index contributed by atoms with van der Waals surface area (Å²) in [5.41, 5.74) is 1.95. The zero-order chi connectivity index (χ0) is 22.7. The van der Waals surface area contributed by atoms with Crippen molar-refractivity contribution < 1.29 is 18.7 Å². The molecule has 10 heteroatoms. The Kier molecular flexibility index (Phi) is 6.11. The van der Waals surface area contributed by atoms with Gasteiger partial charge in [0.1, 0.15) is 23.4 Å². The molecule has 1 fully saturated rings. The predicted octanol–water partition coefficient (Wildman–Crippen LogP) is 2.68. The molecule has 0 bridgehead atoms. The molecule has 1 aromatic heterocycles. The second kappa shape index (κ2) is 9.13. The maximum absolute atomic E-state index is 13.3. The molecule has 9 nitrogen and oxygen atoms in total. The van der Waals surface area contributed by atoms with Crippen LogP contribution in [0, 0.1) is 12.7 Å². The lowest BCUT2D eigenvalue weighted by Gasteiger charge is -2.21. The van der Waals surface area contributed by atoms with E-state index in [1.54, 1.807) is 42.2 Å². The summed E-state index contributed by atoms with van der Waals surface area (Å²) in [5, 5.41) is 14.4. The molecule has 166 valence electrons. The Bertz CT molecular complexity index is 1130. The molecule has 0 spiro atoms. The maximum Gasteiger partial charge on any atom is 0.249 e. The Morgan fingerprint density at radius 2 is 2.03 bits per heavy atom. The number of carbonyl (C=O) groups is 2. The van der Waals surface area contributed by atoms with Crippen LogP contribution in [0.25, 0.3) is 0 Å². The highest BCUT2D eigenvalue weighted by atomic mass is 19.1. The van der Waals surface area contributed by atoms with Gasteiger partial charge in [0.2, 0.25) is 11.8 Å². The van der Waals surface area contributed by atoms with E-state index in [1.165, 1.54) is 23.9 Å². The van der Waals surface area contributed by atoms with Crippen LogP contribution in [0.3, 0.4) is 0 Å². The van der Waals surface area contributed by atoms with Crippen molar-refractivity contribution in [2.45, 2.75) is 32.2 Å². The van der Waals surface area contributed by atoms with Gasteiger partial charge in [-0.25, -0.2) is 9.07 Å². The molecule has 4 rings (SSSR count). The molecule has 1 aliphatic heterocycles. The Balaban J connectivity index is 1.58. The molecule has 32 heavy (non-hydrogen) atoms. The third-order valence-electron chi connectivity index (χ3n) is 5.41. The Labute approximate surface area is 184 Å². The van der Waals surface area contributed by atoms with E-state index in [2.05, 4.69) is 20.8 Å². The number of benzene rings is 2. The molecule has 2 heterocycles. The van der Waals surface area contributed by atoms with E-state index in [0.717, 1.165) is 12.0 Å². The molecule has 1 aliphatic rings. The Morgan fingerprint density at radius 3 is 2.66 bits per heavy atom. The number of nitrogens with zero attached hydrogens (tertiary/aromatic N) is 5. The molecule has 3 aromatic rings. The van der Waals surface area contributed by atoms with Crippen molar-refractivity contribution in [2.75, 3.05) is 23.9 Å². The van der Waals surface area contributed by atoms with Gasteiger partial charge in [-0.15, -0.1) is 5.10 Å². The highest BCUT2D eigenvalue weighted by molar-refractivity contribution is 5.98. The highest BCUT2D eigenvalue weighted by Crippen LogP contribution is 2.34. The minimum Gasteiger partial charge on any atom is -0.494 e. The van der Waals surface area contributed by atoms with Crippen LogP contribution in [0.4, 0.5) is 15.8 Å². The third kappa shape index (κ3) is 4.43. The van der Waals surface area contributed by atoms with E-state index in [4.69, 9.17) is 4.74 Å². The quantitative estimate of drug-likeness (QED) is 0.609. The van der Waals surface area contributed by atoms with Crippen LogP contribution in [0.15, 0.2) is 42.5 Å². The van der Waals surface area contributed by atoms with Gasteiger partial charge in [-0.2, -0.15) is 0 Å². The lowest BCUT2D eigenvalue weighted by Crippen LogP contribution is -2.29. The number of carbonyl (C=O) groups excluding carboxylic acids is 2. The highest BCUT2D eigenvalue weighted by Gasteiger charge is 2.27. The van der Waals surface area contributed by atoms with E-state index >= 15 is 0 Å². The van der Waals surface area contributed by atoms with E-state index in [0.29, 0.717) is 35.9 Å². The number of halogens is 1. The zero-order valence-corrected chi connectivity index (χ0v) is 17.8. The fraction of sp³-hybridized carbons (Fsp3) is 0.318. The molecule has 1 saturated heterocycles. The molecular formula is C22H23FN6O3. The first-order chi connectivity index (χ1) is 15.5. The molecule has 0 radical (unpaired) electrons.